The van der Waals surface area contributed by atoms with E-state index in [0.29, 0.717) is 6.04 Å². The van der Waals surface area contributed by atoms with Gasteiger partial charge in [-0.15, -0.1) is 12.4 Å². The van der Waals surface area contributed by atoms with Crippen molar-refractivity contribution in [3.63, 3.8) is 0 Å². The molecule has 0 saturated carbocycles. The summed E-state index contributed by atoms with van der Waals surface area (Å²) in [7, 11) is 1.91. The number of carbonyl (C=O) groups excluding carboxylic acids is 1. The molecule has 0 aliphatic carbocycles. The van der Waals surface area contributed by atoms with Crippen LogP contribution in [0.5, 0.6) is 0 Å². The first-order valence-electron chi connectivity index (χ1n) is 5.77. The molecular formula is C12H20ClN3O. The Morgan fingerprint density at radius 2 is 2.18 bits per heavy atom. The fourth-order valence-electron chi connectivity index (χ4n) is 2.17. The smallest absolute Gasteiger partial charge is 0.270 e. The summed E-state index contributed by atoms with van der Waals surface area (Å²) in [5.41, 5.74) is 0.765. The summed E-state index contributed by atoms with van der Waals surface area (Å²) in [5.74, 6) is 0.133. The van der Waals surface area contributed by atoms with Crippen molar-refractivity contribution in [3.05, 3.63) is 24.0 Å². The molecular weight excluding hydrogens is 238 g/mol. The van der Waals surface area contributed by atoms with E-state index in [2.05, 4.69) is 19.2 Å². The summed E-state index contributed by atoms with van der Waals surface area (Å²) in [6.07, 6.45) is 1.91. The molecule has 1 aliphatic heterocycles. The van der Waals surface area contributed by atoms with E-state index in [0.717, 1.165) is 18.8 Å². The second kappa shape index (κ2) is 5.56. The van der Waals surface area contributed by atoms with Crippen LogP contribution in [0.15, 0.2) is 18.3 Å². The van der Waals surface area contributed by atoms with Gasteiger partial charge in [-0.25, -0.2) is 0 Å². The zero-order valence-electron chi connectivity index (χ0n) is 10.5. The van der Waals surface area contributed by atoms with E-state index >= 15 is 0 Å². The lowest BCUT2D eigenvalue weighted by Gasteiger charge is -2.38. The molecule has 1 N–H and O–H groups in total. The van der Waals surface area contributed by atoms with Gasteiger partial charge in [0.05, 0.1) is 0 Å². The minimum atomic E-state index is 0. The van der Waals surface area contributed by atoms with Crippen LogP contribution in [0.1, 0.15) is 24.3 Å². The molecule has 5 heteroatoms. The van der Waals surface area contributed by atoms with Crippen LogP contribution in [-0.4, -0.2) is 40.5 Å². The molecule has 2 rings (SSSR count). The van der Waals surface area contributed by atoms with E-state index in [1.807, 2.05) is 34.8 Å². The fraction of sp³-hybridized carbons (Fsp3) is 0.583. The van der Waals surface area contributed by atoms with Gasteiger partial charge >= 0.3 is 0 Å². The molecule has 1 aromatic heterocycles. The quantitative estimate of drug-likeness (QED) is 0.823. The topological polar surface area (TPSA) is 37.3 Å². The molecule has 1 amide bonds. The Bertz CT molecular complexity index is 391. The third kappa shape index (κ3) is 2.64. The number of halogens is 1. The molecule has 0 radical (unpaired) electrons. The van der Waals surface area contributed by atoms with Crippen LogP contribution in [0.25, 0.3) is 0 Å². The lowest BCUT2D eigenvalue weighted by Crippen LogP contribution is -2.57. The molecule has 2 atom stereocenters. The highest BCUT2D eigenvalue weighted by atomic mass is 35.5. The van der Waals surface area contributed by atoms with E-state index in [9.17, 15) is 4.79 Å². The molecule has 0 spiro atoms. The molecule has 1 fully saturated rings. The van der Waals surface area contributed by atoms with Crippen molar-refractivity contribution in [2.24, 2.45) is 7.05 Å². The van der Waals surface area contributed by atoms with Gasteiger partial charge in [-0.3, -0.25) is 4.79 Å². The van der Waals surface area contributed by atoms with Crippen LogP contribution in [0.3, 0.4) is 0 Å². The fourth-order valence-corrected chi connectivity index (χ4v) is 2.17. The molecule has 17 heavy (non-hydrogen) atoms. The van der Waals surface area contributed by atoms with Gasteiger partial charge in [-0.1, -0.05) is 0 Å². The summed E-state index contributed by atoms with van der Waals surface area (Å²) < 4.78 is 1.88. The Morgan fingerprint density at radius 1 is 1.47 bits per heavy atom. The number of nitrogens with zero attached hydrogens (tertiary/aromatic N) is 2. The normalized spacial score (nSPS) is 24.3. The summed E-state index contributed by atoms with van der Waals surface area (Å²) in [4.78, 5) is 14.3. The largest absolute Gasteiger partial charge is 0.347 e. The molecule has 4 nitrogen and oxygen atoms in total. The minimum Gasteiger partial charge on any atom is -0.347 e. The van der Waals surface area contributed by atoms with Crippen LogP contribution >= 0.6 is 12.4 Å². The van der Waals surface area contributed by atoms with Gasteiger partial charge in [0.25, 0.3) is 5.91 Å². The van der Waals surface area contributed by atoms with Crippen molar-refractivity contribution in [2.75, 3.05) is 13.1 Å². The molecule has 0 bridgehead atoms. The Balaban J connectivity index is 0.00000144. The van der Waals surface area contributed by atoms with Crippen molar-refractivity contribution >= 4 is 18.3 Å². The van der Waals surface area contributed by atoms with Crippen molar-refractivity contribution in [1.29, 1.82) is 0 Å². The first kappa shape index (κ1) is 14.1. The SMILES string of the molecule is CC1NCCN(C(=O)c2cccn2C)C1C.Cl. The van der Waals surface area contributed by atoms with E-state index in [-0.39, 0.29) is 24.4 Å². The molecule has 2 unspecified atom stereocenters. The Hall–Kier alpha value is -1.00. The maximum atomic E-state index is 12.3. The third-order valence-corrected chi connectivity index (χ3v) is 3.46. The van der Waals surface area contributed by atoms with Gasteiger partial charge in [0.2, 0.25) is 0 Å². The predicted molar refractivity (Wildman–Crippen MR) is 70.6 cm³/mol. The Kier molecular flexibility index (Phi) is 4.60. The monoisotopic (exact) mass is 257 g/mol. The van der Waals surface area contributed by atoms with E-state index < -0.39 is 0 Å². The van der Waals surface area contributed by atoms with Gasteiger partial charge in [0.1, 0.15) is 5.69 Å². The second-order valence-corrected chi connectivity index (χ2v) is 4.49. The number of aromatic nitrogens is 1. The lowest BCUT2D eigenvalue weighted by molar-refractivity contribution is 0.0593. The summed E-state index contributed by atoms with van der Waals surface area (Å²) in [6.45, 7) is 5.88. The van der Waals surface area contributed by atoms with E-state index in [1.54, 1.807) is 0 Å². The Labute approximate surface area is 108 Å². The van der Waals surface area contributed by atoms with Crippen molar-refractivity contribution in [3.8, 4) is 0 Å². The summed E-state index contributed by atoms with van der Waals surface area (Å²) in [5, 5.41) is 3.38. The molecule has 1 saturated heterocycles. The molecule has 1 aliphatic rings. The van der Waals surface area contributed by atoms with Crippen LogP contribution in [0, 0.1) is 0 Å². The maximum Gasteiger partial charge on any atom is 0.270 e. The molecule has 0 aromatic carbocycles. The van der Waals surface area contributed by atoms with Crippen LogP contribution in [0.2, 0.25) is 0 Å². The molecule has 1 aromatic rings. The number of nitrogens with one attached hydrogen (secondary N) is 1. The number of aryl methyl sites for hydroxylation is 1. The highest BCUT2D eigenvalue weighted by Crippen LogP contribution is 2.13. The maximum absolute atomic E-state index is 12.3. The zero-order valence-corrected chi connectivity index (χ0v) is 11.3. The number of rotatable bonds is 1. The summed E-state index contributed by atoms with van der Waals surface area (Å²) >= 11 is 0. The highest BCUT2D eigenvalue weighted by molar-refractivity contribution is 5.93. The number of hydrogen-bond donors (Lipinski definition) is 1. The summed E-state index contributed by atoms with van der Waals surface area (Å²) in [6, 6.07) is 4.39. The number of amides is 1. The second-order valence-electron chi connectivity index (χ2n) is 4.49. The zero-order chi connectivity index (χ0) is 11.7. The van der Waals surface area contributed by atoms with Crippen molar-refractivity contribution < 1.29 is 4.79 Å². The van der Waals surface area contributed by atoms with Gasteiger partial charge in [-0.05, 0) is 26.0 Å². The minimum absolute atomic E-state index is 0. The van der Waals surface area contributed by atoms with Crippen molar-refractivity contribution in [2.45, 2.75) is 25.9 Å². The predicted octanol–water partition coefficient (Wildman–Crippen LogP) is 1.27. The van der Waals surface area contributed by atoms with Gasteiger partial charge in [-0.2, -0.15) is 0 Å². The van der Waals surface area contributed by atoms with Gasteiger partial charge < -0.3 is 14.8 Å². The van der Waals surface area contributed by atoms with Crippen LogP contribution < -0.4 is 5.32 Å². The first-order valence-corrected chi connectivity index (χ1v) is 5.77. The average molecular weight is 258 g/mol. The van der Waals surface area contributed by atoms with E-state index in [4.69, 9.17) is 0 Å². The van der Waals surface area contributed by atoms with E-state index in [1.165, 1.54) is 0 Å². The number of carbonyl (C=O) groups is 1. The van der Waals surface area contributed by atoms with Gasteiger partial charge in [0.15, 0.2) is 0 Å². The first-order chi connectivity index (χ1) is 7.61. The van der Waals surface area contributed by atoms with Gasteiger partial charge in [0, 0.05) is 38.4 Å². The number of piperazine rings is 1. The molecule has 96 valence electrons. The highest BCUT2D eigenvalue weighted by Gasteiger charge is 2.29. The number of hydrogen-bond acceptors (Lipinski definition) is 2. The molecule has 2 heterocycles. The Morgan fingerprint density at radius 3 is 2.76 bits per heavy atom. The average Bonchev–Trinajstić information content (AvgIpc) is 2.68. The standard InChI is InChI=1S/C12H19N3O.ClH/c1-9-10(2)15(8-6-13-9)12(16)11-5-4-7-14(11)3;/h4-5,7,9-10,13H,6,8H2,1-3H3;1H. The van der Waals surface area contributed by atoms with Crippen molar-refractivity contribution in [1.82, 2.24) is 14.8 Å². The lowest BCUT2D eigenvalue weighted by atomic mass is 10.1. The van der Waals surface area contributed by atoms with Crippen LogP contribution in [-0.2, 0) is 7.05 Å². The van der Waals surface area contributed by atoms with Crippen LogP contribution in [0.4, 0.5) is 0 Å². The third-order valence-electron chi connectivity index (χ3n) is 3.46.